The van der Waals surface area contributed by atoms with E-state index in [9.17, 15) is 14.7 Å². The van der Waals surface area contributed by atoms with Crippen molar-refractivity contribution in [2.75, 3.05) is 6.61 Å². The van der Waals surface area contributed by atoms with Gasteiger partial charge < -0.3 is 15.2 Å². The molecule has 1 aliphatic carbocycles. The Morgan fingerprint density at radius 2 is 2.17 bits per heavy atom. The topological polar surface area (TPSA) is 75.6 Å². The minimum absolute atomic E-state index is 0.153. The molecule has 1 aromatic carbocycles. The molecule has 1 unspecified atom stereocenters. The lowest BCUT2D eigenvalue weighted by Gasteiger charge is -2.29. The molecule has 124 valence electrons. The molecule has 1 fully saturated rings. The molecule has 23 heavy (non-hydrogen) atoms. The molecular weight excluding hydrogens is 294 g/mol. The van der Waals surface area contributed by atoms with E-state index in [0.29, 0.717) is 19.4 Å². The van der Waals surface area contributed by atoms with E-state index in [4.69, 9.17) is 4.74 Å². The fraction of sp³-hybridized carbons (Fsp3) is 0.556. The average Bonchev–Trinajstić information content (AvgIpc) is 3.23. The standard InChI is InChI=1S/C18H23NO4/c1-3-8-17(2,16(21)22)19-15(20)13-11-18(13)9-10-23-14-7-5-4-6-12(14)18/h4-7,13H,3,8-11H2,1-2H3,(H,19,20)(H,21,22)/t13-,17?,18-/m0/s1. The summed E-state index contributed by atoms with van der Waals surface area (Å²) in [7, 11) is 0. The van der Waals surface area contributed by atoms with Gasteiger partial charge in [0.15, 0.2) is 0 Å². The van der Waals surface area contributed by atoms with Gasteiger partial charge in [-0.05, 0) is 32.3 Å². The van der Waals surface area contributed by atoms with E-state index < -0.39 is 11.5 Å². The Morgan fingerprint density at radius 1 is 1.43 bits per heavy atom. The zero-order valence-electron chi connectivity index (χ0n) is 13.6. The quantitative estimate of drug-likeness (QED) is 0.875. The lowest BCUT2D eigenvalue weighted by Crippen LogP contribution is -2.53. The van der Waals surface area contributed by atoms with Crippen LogP contribution in [0.15, 0.2) is 24.3 Å². The minimum atomic E-state index is -1.19. The van der Waals surface area contributed by atoms with Gasteiger partial charge in [0.25, 0.3) is 0 Å². The van der Waals surface area contributed by atoms with Gasteiger partial charge in [0.05, 0.1) is 6.61 Å². The van der Waals surface area contributed by atoms with Crippen molar-refractivity contribution in [3.63, 3.8) is 0 Å². The summed E-state index contributed by atoms with van der Waals surface area (Å²) in [6, 6.07) is 7.84. The predicted octanol–water partition coefficient (Wildman–Crippen LogP) is 2.49. The molecule has 2 aliphatic rings. The van der Waals surface area contributed by atoms with Crippen molar-refractivity contribution in [2.24, 2.45) is 5.92 Å². The molecule has 0 saturated heterocycles. The molecule has 1 spiro atoms. The highest BCUT2D eigenvalue weighted by Crippen LogP contribution is 2.60. The number of fused-ring (bicyclic) bond motifs is 2. The SMILES string of the molecule is CCCC(C)(NC(=O)[C@@H]1C[C@]12CCOc1ccccc12)C(=O)O. The number of amides is 1. The summed E-state index contributed by atoms with van der Waals surface area (Å²) in [5, 5.41) is 12.2. The van der Waals surface area contributed by atoms with Gasteiger partial charge >= 0.3 is 5.97 Å². The number of para-hydroxylation sites is 1. The van der Waals surface area contributed by atoms with E-state index >= 15 is 0 Å². The average molecular weight is 317 g/mol. The molecule has 1 aliphatic heterocycles. The van der Waals surface area contributed by atoms with Gasteiger partial charge in [-0.15, -0.1) is 0 Å². The number of hydrogen-bond donors (Lipinski definition) is 2. The summed E-state index contributed by atoms with van der Waals surface area (Å²) in [5.41, 5.74) is -0.288. The Balaban J connectivity index is 1.78. The van der Waals surface area contributed by atoms with E-state index in [1.807, 2.05) is 31.2 Å². The second-order valence-corrected chi connectivity index (χ2v) is 6.88. The first-order valence-electron chi connectivity index (χ1n) is 8.21. The number of carbonyl (C=O) groups is 2. The molecule has 0 bridgehead atoms. The van der Waals surface area contributed by atoms with Gasteiger partial charge in [0.1, 0.15) is 11.3 Å². The van der Waals surface area contributed by atoms with Gasteiger partial charge in [0, 0.05) is 16.9 Å². The first kappa shape index (κ1) is 15.8. The van der Waals surface area contributed by atoms with Crippen molar-refractivity contribution in [2.45, 2.75) is 50.5 Å². The monoisotopic (exact) mass is 317 g/mol. The molecule has 0 radical (unpaired) electrons. The second kappa shape index (κ2) is 5.55. The summed E-state index contributed by atoms with van der Waals surface area (Å²) in [6.45, 7) is 4.11. The van der Waals surface area contributed by atoms with Crippen molar-refractivity contribution in [1.29, 1.82) is 0 Å². The normalized spacial score (nSPS) is 27.5. The van der Waals surface area contributed by atoms with E-state index in [2.05, 4.69) is 5.32 Å². The Hall–Kier alpha value is -2.04. The van der Waals surface area contributed by atoms with E-state index in [0.717, 1.165) is 24.2 Å². The van der Waals surface area contributed by atoms with Gasteiger partial charge in [-0.1, -0.05) is 31.5 Å². The molecule has 2 N–H and O–H groups in total. The Labute approximate surface area is 136 Å². The molecular formula is C18H23NO4. The number of aliphatic carboxylic acids is 1. The molecule has 5 heteroatoms. The van der Waals surface area contributed by atoms with Crippen LogP contribution in [-0.2, 0) is 15.0 Å². The lowest BCUT2D eigenvalue weighted by molar-refractivity contribution is -0.147. The highest BCUT2D eigenvalue weighted by molar-refractivity contribution is 5.90. The zero-order valence-corrected chi connectivity index (χ0v) is 13.6. The van der Waals surface area contributed by atoms with Crippen LogP contribution in [0.3, 0.4) is 0 Å². The number of carboxylic acid groups (broad SMARTS) is 1. The Kier molecular flexibility index (Phi) is 3.82. The lowest BCUT2D eigenvalue weighted by atomic mass is 9.87. The third kappa shape index (κ3) is 2.58. The minimum Gasteiger partial charge on any atom is -0.493 e. The van der Waals surface area contributed by atoms with Gasteiger partial charge in [-0.2, -0.15) is 0 Å². The summed E-state index contributed by atoms with van der Waals surface area (Å²) in [5.74, 6) is -0.443. The van der Waals surface area contributed by atoms with Crippen LogP contribution in [0.4, 0.5) is 0 Å². The summed E-state index contributed by atoms with van der Waals surface area (Å²) in [4.78, 5) is 24.2. The van der Waals surface area contributed by atoms with E-state index in [1.165, 1.54) is 0 Å². The highest BCUT2D eigenvalue weighted by Gasteiger charge is 2.61. The first-order chi connectivity index (χ1) is 10.9. The number of nitrogens with one attached hydrogen (secondary N) is 1. The number of hydrogen-bond acceptors (Lipinski definition) is 3. The van der Waals surface area contributed by atoms with Crippen LogP contribution in [0.2, 0.25) is 0 Å². The van der Waals surface area contributed by atoms with Crippen LogP contribution >= 0.6 is 0 Å². The maximum Gasteiger partial charge on any atom is 0.329 e. The molecule has 3 rings (SSSR count). The fourth-order valence-corrected chi connectivity index (χ4v) is 3.79. The molecule has 1 amide bonds. The van der Waals surface area contributed by atoms with Crippen LogP contribution in [0.1, 0.15) is 45.1 Å². The van der Waals surface area contributed by atoms with E-state index in [-0.39, 0.29) is 17.2 Å². The Bertz CT molecular complexity index is 644. The number of carbonyl (C=O) groups excluding carboxylic acids is 1. The largest absolute Gasteiger partial charge is 0.493 e. The molecule has 1 aromatic rings. The summed E-state index contributed by atoms with van der Waals surface area (Å²) < 4.78 is 5.68. The maximum atomic E-state index is 12.7. The van der Waals surface area contributed by atoms with Crippen molar-refractivity contribution < 1.29 is 19.4 Å². The van der Waals surface area contributed by atoms with Gasteiger partial charge in [-0.25, -0.2) is 4.79 Å². The van der Waals surface area contributed by atoms with Gasteiger partial charge in [0.2, 0.25) is 5.91 Å². The molecule has 1 heterocycles. The smallest absolute Gasteiger partial charge is 0.329 e. The van der Waals surface area contributed by atoms with Gasteiger partial charge in [-0.3, -0.25) is 4.79 Å². The van der Waals surface area contributed by atoms with Crippen LogP contribution in [0.25, 0.3) is 0 Å². The molecule has 0 aromatic heterocycles. The molecule has 3 atom stereocenters. The Morgan fingerprint density at radius 3 is 2.87 bits per heavy atom. The molecule has 1 saturated carbocycles. The van der Waals surface area contributed by atoms with Crippen LogP contribution < -0.4 is 10.1 Å². The maximum absolute atomic E-state index is 12.7. The third-order valence-electron chi connectivity index (χ3n) is 5.24. The van der Waals surface area contributed by atoms with Crippen LogP contribution in [-0.4, -0.2) is 29.1 Å². The van der Waals surface area contributed by atoms with Crippen LogP contribution in [0.5, 0.6) is 5.75 Å². The molecule has 5 nitrogen and oxygen atoms in total. The summed E-state index contributed by atoms with van der Waals surface area (Å²) >= 11 is 0. The second-order valence-electron chi connectivity index (χ2n) is 6.88. The first-order valence-corrected chi connectivity index (χ1v) is 8.21. The van der Waals surface area contributed by atoms with E-state index in [1.54, 1.807) is 6.92 Å². The van der Waals surface area contributed by atoms with Crippen molar-refractivity contribution >= 4 is 11.9 Å². The van der Waals surface area contributed by atoms with Crippen molar-refractivity contribution in [1.82, 2.24) is 5.32 Å². The fourth-order valence-electron chi connectivity index (χ4n) is 3.79. The number of benzene rings is 1. The predicted molar refractivity (Wildman–Crippen MR) is 85.4 cm³/mol. The summed E-state index contributed by atoms with van der Waals surface area (Å²) in [6.07, 6.45) is 2.70. The number of ether oxygens (including phenoxy) is 1. The zero-order chi connectivity index (χ0) is 16.7. The van der Waals surface area contributed by atoms with Crippen LogP contribution in [0, 0.1) is 5.92 Å². The number of carboxylic acids is 1. The third-order valence-corrected chi connectivity index (χ3v) is 5.24. The van der Waals surface area contributed by atoms with Crippen molar-refractivity contribution in [3.05, 3.63) is 29.8 Å². The number of rotatable bonds is 5. The van der Waals surface area contributed by atoms with Crippen molar-refractivity contribution in [3.8, 4) is 5.75 Å². The highest BCUT2D eigenvalue weighted by atomic mass is 16.5.